The van der Waals surface area contributed by atoms with E-state index in [4.69, 9.17) is 4.74 Å². The van der Waals surface area contributed by atoms with Gasteiger partial charge in [0.15, 0.2) is 0 Å². The van der Waals surface area contributed by atoms with Gasteiger partial charge < -0.3 is 9.84 Å². The van der Waals surface area contributed by atoms with Crippen LogP contribution in [0.3, 0.4) is 0 Å². The molecule has 0 bridgehead atoms. The van der Waals surface area contributed by atoms with E-state index in [2.05, 4.69) is 0 Å². The van der Waals surface area contributed by atoms with Gasteiger partial charge in [0.05, 0.1) is 12.0 Å². The zero-order chi connectivity index (χ0) is 10.0. The van der Waals surface area contributed by atoms with E-state index in [-0.39, 0.29) is 0 Å². The van der Waals surface area contributed by atoms with Crippen molar-refractivity contribution in [3.05, 3.63) is 22.4 Å². The SMILES string of the molecule is O=C(O)C1(Cc2cccs2)CCOC1. The maximum Gasteiger partial charge on any atom is 0.312 e. The van der Waals surface area contributed by atoms with Gasteiger partial charge in [-0.15, -0.1) is 11.3 Å². The zero-order valence-electron chi connectivity index (χ0n) is 7.73. The summed E-state index contributed by atoms with van der Waals surface area (Å²) in [6, 6.07) is 3.93. The monoisotopic (exact) mass is 212 g/mol. The Balaban J connectivity index is 2.16. The number of hydrogen-bond acceptors (Lipinski definition) is 3. The molecule has 1 aliphatic rings. The lowest BCUT2D eigenvalue weighted by Gasteiger charge is -2.20. The lowest BCUT2D eigenvalue weighted by atomic mass is 9.83. The van der Waals surface area contributed by atoms with Crippen LogP contribution >= 0.6 is 11.3 Å². The normalized spacial score (nSPS) is 26.6. The van der Waals surface area contributed by atoms with Gasteiger partial charge >= 0.3 is 5.97 Å². The van der Waals surface area contributed by atoms with Crippen LogP contribution in [0, 0.1) is 5.41 Å². The summed E-state index contributed by atoms with van der Waals surface area (Å²) in [5, 5.41) is 11.2. The van der Waals surface area contributed by atoms with Gasteiger partial charge in [0.25, 0.3) is 0 Å². The Morgan fingerprint density at radius 2 is 2.57 bits per heavy atom. The fourth-order valence-electron chi connectivity index (χ4n) is 1.74. The molecule has 1 unspecified atom stereocenters. The Bertz CT molecular complexity index is 312. The summed E-state index contributed by atoms with van der Waals surface area (Å²) < 4.78 is 5.19. The Morgan fingerprint density at radius 3 is 3.07 bits per heavy atom. The number of carbonyl (C=O) groups is 1. The fourth-order valence-corrected chi connectivity index (χ4v) is 2.59. The molecule has 1 aromatic rings. The molecule has 0 spiro atoms. The van der Waals surface area contributed by atoms with E-state index in [1.165, 1.54) is 0 Å². The molecule has 2 heterocycles. The van der Waals surface area contributed by atoms with E-state index >= 15 is 0 Å². The lowest BCUT2D eigenvalue weighted by Crippen LogP contribution is -2.33. The summed E-state index contributed by atoms with van der Waals surface area (Å²) in [5.41, 5.74) is -0.676. The number of carboxylic acids is 1. The number of ether oxygens (including phenoxy) is 1. The molecule has 3 nitrogen and oxygen atoms in total. The Labute approximate surface area is 86.3 Å². The van der Waals surface area contributed by atoms with Crippen molar-refractivity contribution in [2.45, 2.75) is 12.8 Å². The minimum absolute atomic E-state index is 0.347. The van der Waals surface area contributed by atoms with Crippen molar-refractivity contribution in [1.29, 1.82) is 0 Å². The van der Waals surface area contributed by atoms with E-state index in [1.807, 2.05) is 17.5 Å². The molecule has 1 aromatic heterocycles. The minimum Gasteiger partial charge on any atom is -0.481 e. The van der Waals surface area contributed by atoms with Crippen molar-refractivity contribution >= 4 is 17.3 Å². The van der Waals surface area contributed by atoms with Crippen LogP contribution in [-0.2, 0) is 16.0 Å². The average molecular weight is 212 g/mol. The predicted octanol–water partition coefficient (Wildman–Crippen LogP) is 1.78. The largest absolute Gasteiger partial charge is 0.481 e. The third-order valence-corrected chi connectivity index (χ3v) is 3.53. The number of rotatable bonds is 3. The molecule has 1 aliphatic heterocycles. The summed E-state index contributed by atoms with van der Waals surface area (Å²) in [7, 11) is 0. The van der Waals surface area contributed by atoms with Gasteiger partial charge in [-0.05, 0) is 17.9 Å². The molecule has 1 atom stereocenters. The van der Waals surface area contributed by atoms with Crippen molar-refractivity contribution < 1.29 is 14.6 Å². The van der Waals surface area contributed by atoms with Gasteiger partial charge in [0.1, 0.15) is 0 Å². The maximum absolute atomic E-state index is 11.2. The molecule has 1 saturated heterocycles. The second-order valence-electron chi connectivity index (χ2n) is 3.64. The summed E-state index contributed by atoms with van der Waals surface area (Å²) in [5.74, 6) is -0.733. The minimum atomic E-state index is -0.733. The maximum atomic E-state index is 11.2. The van der Waals surface area contributed by atoms with Crippen LogP contribution in [0.25, 0.3) is 0 Å². The highest BCUT2D eigenvalue weighted by molar-refractivity contribution is 7.09. The van der Waals surface area contributed by atoms with Gasteiger partial charge in [-0.1, -0.05) is 6.07 Å². The molecule has 0 amide bonds. The quantitative estimate of drug-likeness (QED) is 0.830. The molecule has 0 radical (unpaired) electrons. The van der Waals surface area contributed by atoms with Crippen LogP contribution in [0.4, 0.5) is 0 Å². The number of aliphatic carboxylic acids is 1. The Kier molecular flexibility index (Phi) is 2.56. The first-order chi connectivity index (χ1) is 6.73. The second-order valence-corrected chi connectivity index (χ2v) is 4.68. The number of hydrogen-bond donors (Lipinski definition) is 1. The van der Waals surface area contributed by atoms with Crippen molar-refractivity contribution in [2.75, 3.05) is 13.2 Å². The van der Waals surface area contributed by atoms with Crippen molar-refractivity contribution in [2.24, 2.45) is 5.41 Å². The molecule has 0 saturated carbocycles. The Hall–Kier alpha value is -0.870. The van der Waals surface area contributed by atoms with Gasteiger partial charge in [-0.2, -0.15) is 0 Å². The van der Waals surface area contributed by atoms with Gasteiger partial charge in [0.2, 0.25) is 0 Å². The van der Waals surface area contributed by atoms with Crippen LogP contribution < -0.4 is 0 Å². The van der Waals surface area contributed by atoms with Gasteiger partial charge in [-0.3, -0.25) is 4.79 Å². The topological polar surface area (TPSA) is 46.5 Å². The van der Waals surface area contributed by atoms with Crippen LogP contribution in [-0.4, -0.2) is 24.3 Å². The second kappa shape index (κ2) is 3.71. The third kappa shape index (κ3) is 1.67. The van der Waals surface area contributed by atoms with E-state index in [0.29, 0.717) is 26.1 Å². The zero-order valence-corrected chi connectivity index (χ0v) is 8.55. The van der Waals surface area contributed by atoms with Crippen LogP contribution in [0.2, 0.25) is 0 Å². The van der Waals surface area contributed by atoms with Gasteiger partial charge in [-0.25, -0.2) is 0 Å². The summed E-state index contributed by atoms with van der Waals surface area (Å²) in [4.78, 5) is 12.3. The molecule has 4 heteroatoms. The van der Waals surface area contributed by atoms with Crippen molar-refractivity contribution in [3.8, 4) is 0 Å². The first-order valence-electron chi connectivity index (χ1n) is 4.56. The standard InChI is InChI=1S/C10H12O3S/c11-9(12)10(3-4-13-7-10)6-8-2-1-5-14-8/h1-2,5H,3-4,6-7H2,(H,11,12). The first-order valence-corrected chi connectivity index (χ1v) is 5.44. The van der Waals surface area contributed by atoms with Crippen LogP contribution in [0.5, 0.6) is 0 Å². The van der Waals surface area contributed by atoms with Crippen molar-refractivity contribution in [1.82, 2.24) is 0 Å². The number of carboxylic acid groups (broad SMARTS) is 1. The first kappa shape index (κ1) is 9.68. The van der Waals surface area contributed by atoms with E-state index < -0.39 is 11.4 Å². The highest BCUT2D eigenvalue weighted by Crippen LogP contribution is 2.34. The molecule has 1 N–H and O–H groups in total. The van der Waals surface area contributed by atoms with Crippen LogP contribution in [0.15, 0.2) is 17.5 Å². The highest BCUT2D eigenvalue weighted by Gasteiger charge is 2.42. The highest BCUT2D eigenvalue weighted by atomic mass is 32.1. The average Bonchev–Trinajstić information content (AvgIpc) is 2.76. The van der Waals surface area contributed by atoms with Gasteiger partial charge in [0, 0.05) is 17.9 Å². The summed E-state index contributed by atoms with van der Waals surface area (Å²) >= 11 is 1.61. The molecule has 14 heavy (non-hydrogen) atoms. The molecule has 0 aliphatic carbocycles. The summed E-state index contributed by atoms with van der Waals surface area (Å²) in [6.07, 6.45) is 1.22. The lowest BCUT2D eigenvalue weighted by molar-refractivity contribution is -0.148. The molecular weight excluding hydrogens is 200 g/mol. The van der Waals surface area contributed by atoms with E-state index in [1.54, 1.807) is 11.3 Å². The van der Waals surface area contributed by atoms with Crippen LogP contribution in [0.1, 0.15) is 11.3 Å². The van der Waals surface area contributed by atoms with E-state index in [0.717, 1.165) is 4.88 Å². The molecule has 0 aromatic carbocycles. The molecular formula is C10H12O3S. The summed E-state index contributed by atoms with van der Waals surface area (Å²) in [6.45, 7) is 0.915. The van der Waals surface area contributed by atoms with E-state index in [9.17, 15) is 9.90 Å². The number of thiophene rings is 1. The fraction of sp³-hybridized carbons (Fsp3) is 0.500. The third-order valence-electron chi connectivity index (χ3n) is 2.65. The molecule has 76 valence electrons. The predicted molar refractivity (Wildman–Crippen MR) is 53.5 cm³/mol. The smallest absolute Gasteiger partial charge is 0.312 e. The molecule has 1 fully saturated rings. The molecule has 2 rings (SSSR count). The Morgan fingerprint density at radius 1 is 1.71 bits per heavy atom. The van der Waals surface area contributed by atoms with Crippen molar-refractivity contribution in [3.63, 3.8) is 0 Å².